The first-order chi connectivity index (χ1) is 13.0. The molecular weight excluding hydrogens is 338 g/mol. The number of carbonyl (C=O) groups is 2. The number of carbonyl (C=O) groups excluding carboxylic acids is 2. The van der Waals surface area contributed by atoms with Gasteiger partial charge in [-0.15, -0.1) is 0 Å². The zero-order valence-electron chi connectivity index (χ0n) is 15.4. The molecule has 0 saturated carbocycles. The summed E-state index contributed by atoms with van der Waals surface area (Å²) in [6.07, 6.45) is 0.443. The van der Waals surface area contributed by atoms with Gasteiger partial charge < -0.3 is 10.6 Å². The number of para-hydroxylation sites is 1. The smallest absolute Gasteiger partial charge is 0.255 e. The van der Waals surface area contributed by atoms with E-state index in [2.05, 4.69) is 4.98 Å². The van der Waals surface area contributed by atoms with Crippen LogP contribution in [0.1, 0.15) is 32.7 Å². The van der Waals surface area contributed by atoms with Gasteiger partial charge in [0.2, 0.25) is 5.91 Å². The molecule has 2 aromatic carbocycles. The number of rotatable bonds is 2. The average Bonchev–Trinajstić information content (AvgIpc) is 2.66. The summed E-state index contributed by atoms with van der Waals surface area (Å²) in [6, 6.07) is 14.8. The van der Waals surface area contributed by atoms with Crippen molar-refractivity contribution in [2.45, 2.75) is 32.9 Å². The predicted molar refractivity (Wildman–Crippen MR) is 104 cm³/mol. The van der Waals surface area contributed by atoms with E-state index in [0.29, 0.717) is 18.5 Å². The summed E-state index contributed by atoms with van der Waals surface area (Å²) in [6.45, 7) is 4.23. The van der Waals surface area contributed by atoms with E-state index in [-0.39, 0.29) is 5.91 Å². The van der Waals surface area contributed by atoms with E-state index in [1.807, 2.05) is 56.3 Å². The Labute approximate surface area is 157 Å². The Morgan fingerprint density at radius 3 is 2.56 bits per heavy atom. The molecule has 4 rings (SSSR count). The molecule has 1 aliphatic rings. The van der Waals surface area contributed by atoms with Gasteiger partial charge in [0.15, 0.2) is 0 Å². The van der Waals surface area contributed by atoms with Crippen LogP contribution in [-0.2, 0) is 17.8 Å². The van der Waals surface area contributed by atoms with Gasteiger partial charge in [-0.25, -0.2) is 0 Å². The summed E-state index contributed by atoms with van der Waals surface area (Å²) in [4.78, 5) is 31.8. The number of pyridine rings is 1. The van der Waals surface area contributed by atoms with Gasteiger partial charge >= 0.3 is 0 Å². The minimum atomic E-state index is -0.652. The van der Waals surface area contributed by atoms with E-state index < -0.39 is 11.9 Å². The van der Waals surface area contributed by atoms with Crippen LogP contribution in [0, 0.1) is 13.8 Å². The summed E-state index contributed by atoms with van der Waals surface area (Å²) in [5.41, 5.74) is 10.9. The fourth-order valence-corrected chi connectivity index (χ4v) is 3.84. The van der Waals surface area contributed by atoms with Crippen molar-refractivity contribution in [3.8, 4) is 0 Å². The molecule has 0 unspecified atom stereocenters. The summed E-state index contributed by atoms with van der Waals surface area (Å²) in [5.74, 6) is -0.668. The molecule has 0 radical (unpaired) electrons. The van der Waals surface area contributed by atoms with Crippen LogP contribution in [0.5, 0.6) is 0 Å². The molecule has 2 heterocycles. The van der Waals surface area contributed by atoms with Gasteiger partial charge in [0.25, 0.3) is 5.91 Å². The van der Waals surface area contributed by atoms with E-state index in [4.69, 9.17) is 5.73 Å². The summed E-state index contributed by atoms with van der Waals surface area (Å²) in [5, 5.41) is 0.799. The summed E-state index contributed by atoms with van der Waals surface area (Å²) >= 11 is 0. The number of fused-ring (bicyclic) bond motifs is 2. The second-order valence-corrected chi connectivity index (χ2v) is 7.11. The number of primary amides is 1. The molecule has 27 heavy (non-hydrogen) atoms. The molecular formula is C22H21N3O2. The van der Waals surface area contributed by atoms with Gasteiger partial charge in [-0.05, 0) is 36.6 Å². The van der Waals surface area contributed by atoms with Crippen LogP contribution in [-0.4, -0.2) is 27.7 Å². The maximum atomic E-state index is 13.5. The molecule has 0 aliphatic carbocycles. The Kier molecular flexibility index (Phi) is 4.15. The monoisotopic (exact) mass is 359 g/mol. The fraction of sp³-hybridized carbons (Fsp3) is 0.227. The van der Waals surface area contributed by atoms with Gasteiger partial charge in [-0.2, -0.15) is 0 Å². The molecule has 5 heteroatoms. The number of aromatic nitrogens is 1. The standard InChI is InChI=1S/C22H21N3O2/c1-13-6-5-9-17-18(10-14(2)24-20(13)17)22(27)25-12-16-8-4-3-7-15(16)11-19(25)21(23)26/h3-10,19H,11-12H2,1-2H3,(H2,23,26)/t19-/m1/s1. The second-order valence-electron chi connectivity index (χ2n) is 7.11. The fourth-order valence-electron chi connectivity index (χ4n) is 3.84. The Hall–Kier alpha value is -3.21. The minimum Gasteiger partial charge on any atom is -0.368 e. The number of benzene rings is 2. The average molecular weight is 359 g/mol. The van der Waals surface area contributed by atoms with Crippen LogP contribution in [0.25, 0.3) is 10.9 Å². The van der Waals surface area contributed by atoms with Crippen molar-refractivity contribution in [3.05, 3.63) is 76.5 Å². The van der Waals surface area contributed by atoms with Crippen molar-refractivity contribution in [3.63, 3.8) is 0 Å². The summed E-state index contributed by atoms with van der Waals surface area (Å²) < 4.78 is 0. The Bertz CT molecular complexity index is 1070. The lowest BCUT2D eigenvalue weighted by Crippen LogP contribution is -2.51. The largest absolute Gasteiger partial charge is 0.368 e. The zero-order valence-corrected chi connectivity index (χ0v) is 15.4. The molecule has 3 aromatic rings. The first-order valence-electron chi connectivity index (χ1n) is 8.99. The van der Waals surface area contributed by atoms with Crippen molar-refractivity contribution >= 4 is 22.7 Å². The molecule has 0 saturated heterocycles. The molecule has 1 aliphatic heterocycles. The van der Waals surface area contributed by atoms with E-state index in [9.17, 15) is 9.59 Å². The Morgan fingerprint density at radius 2 is 1.81 bits per heavy atom. The highest BCUT2D eigenvalue weighted by molar-refractivity contribution is 6.08. The highest BCUT2D eigenvalue weighted by atomic mass is 16.2. The Balaban J connectivity index is 1.83. The maximum Gasteiger partial charge on any atom is 0.255 e. The molecule has 1 aromatic heterocycles. The molecule has 2 amide bonds. The lowest BCUT2D eigenvalue weighted by Gasteiger charge is -2.35. The van der Waals surface area contributed by atoms with Crippen LogP contribution >= 0.6 is 0 Å². The molecule has 5 nitrogen and oxygen atoms in total. The number of hydrogen-bond donors (Lipinski definition) is 1. The third-order valence-corrected chi connectivity index (χ3v) is 5.24. The van der Waals surface area contributed by atoms with Gasteiger partial charge in [0, 0.05) is 24.0 Å². The lowest BCUT2D eigenvalue weighted by molar-refractivity contribution is -0.122. The van der Waals surface area contributed by atoms with Crippen LogP contribution in [0.2, 0.25) is 0 Å². The number of amides is 2. The number of nitrogens with two attached hydrogens (primary N) is 1. The van der Waals surface area contributed by atoms with Gasteiger partial charge in [-0.1, -0.05) is 42.5 Å². The van der Waals surface area contributed by atoms with E-state index in [0.717, 1.165) is 33.3 Å². The van der Waals surface area contributed by atoms with Crippen molar-refractivity contribution in [1.82, 2.24) is 9.88 Å². The van der Waals surface area contributed by atoms with E-state index in [1.165, 1.54) is 0 Å². The van der Waals surface area contributed by atoms with E-state index in [1.54, 1.807) is 11.0 Å². The summed E-state index contributed by atoms with van der Waals surface area (Å²) in [7, 11) is 0. The third-order valence-electron chi connectivity index (χ3n) is 5.24. The molecule has 0 fully saturated rings. The number of aryl methyl sites for hydroxylation is 2. The first-order valence-corrected chi connectivity index (χ1v) is 8.99. The first kappa shape index (κ1) is 17.2. The number of nitrogens with zero attached hydrogens (tertiary/aromatic N) is 2. The normalized spacial score (nSPS) is 16.2. The minimum absolute atomic E-state index is 0.186. The van der Waals surface area contributed by atoms with Crippen LogP contribution in [0.3, 0.4) is 0 Å². The van der Waals surface area contributed by atoms with Crippen LogP contribution < -0.4 is 5.73 Å². The highest BCUT2D eigenvalue weighted by Gasteiger charge is 2.34. The lowest BCUT2D eigenvalue weighted by atomic mass is 9.92. The van der Waals surface area contributed by atoms with Gasteiger partial charge in [0.05, 0.1) is 11.1 Å². The molecule has 0 bridgehead atoms. The van der Waals surface area contributed by atoms with Gasteiger partial charge in [-0.3, -0.25) is 14.6 Å². The van der Waals surface area contributed by atoms with Crippen LogP contribution in [0.15, 0.2) is 48.5 Å². The molecule has 0 spiro atoms. The second kappa shape index (κ2) is 6.50. The van der Waals surface area contributed by atoms with Crippen molar-refractivity contribution < 1.29 is 9.59 Å². The third kappa shape index (κ3) is 2.95. The zero-order chi connectivity index (χ0) is 19.1. The van der Waals surface area contributed by atoms with Crippen LogP contribution in [0.4, 0.5) is 0 Å². The molecule has 1 atom stereocenters. The quantitative estimate of drug-likeness (QED) is 0.764. The predicted octanol–water partition coefficient (Wildman–Crippen LogP) is 2.90. The van der Waals surface area contributed by atoms with Crippen molar-refractivity contribution in [2.75, 3.05) is 0 Å². The highest BCUT2D eigenvalue weighted by Crippen LogP contribution is 2.28. The molecule has 136 valence electrons. The maximum absolute atomic E-state index is 13.5. The van der Waals surface area contributed by atoms with Crippen molar-refractivity contribution in [1.29, 1.82) is 0 Å². The number of hydrogen-bond acceptors (Lipinski definition) is 3. The Morgan fingerprint density at radius 1 is 1.07 bits per heavy atom. The van der Waals surface area contributed by atoms with Crippen molar-refractivity contribution in [2.24, 2.45) is 5.73 Å². The SMILES string of the molecule is Cc1cc(C(=O)N2Cc3ccccc3C[C@@H]2C(N)=O)c2cccc(C)c2n1. The topological polar surface area (TPSA) is 76.3 Å². The van der Waals surface area contributed by atoms with E-state index >= 15 is 0 Å². The molecule has 2 N–H and O–H groups in total. The van der Waals surface area contributed by atoms with Gasteiger partial charge in [0.1, 0.15) is 6.04 Å².